The Kier molecular flexibility index (Phi) is 9.97. The minimum absolute atomic E-state index is 0.0460. The Bertz CT molecular complexity index is 976. The number of benzene rings is 2. The quantitative estimate of drug-likeness (QED) is 0.365. The van der Waals surface area contributed by atoms with Crippen LogP contribution in [0.4, 0.5) is 4.79 Å². The van der Waals surface area contributed by atoms with Crippen LogP contribution in [0.5, 0.6) is 11.5 Å². The number of methoxy groups -OCH3 is 1. The first-order chi connectivity index (χ1) is 15.8. The molecule has 34 heavy (non-hydrogen) atoms. The van der Waals surface area contributed by atoms with Crippen LogP contribution in [-0.4, -0.2) is 42.2 Å². The molecule has 2 rings (SSSR count). The van der Waals surface area contributed by atoms with E-state index in [2.05, 4.69) is 5.32 Å². The number of hydrogen-bond acceptors (Lipinski definition) is 6. The van der Waals surface area contributed by atoms with E-state index in [1.54, 1.807) is 19.2 Å². The molecule has 0 heterocycles. The highest BCUT2D eigenvalue weighted by atomic mass is 35.5. The molecule has 1 atom stereocenters. The monoisotopic (exact) mass is 509 g/mol. The second kappa shape index (κ2) is 12.0. The molecule has 2 aromatic carbocycles. The lowest BCUT2D eigenvalue weighted by Crippen LogP contribution is -2.51. The van der Waals surface area contributed by atoms with Gasteiger partial charge in [-0.05, 0) is 90.3 Å². The molecular weight excluding hydrogens is 474 g/mol. The van der Waals surface area contributed by atoms with Gasteiger partial charge in [-0.1, -0.05) is 29.4 Å². The number of alkyl carbamates (subject to hydrolysis) is 1. The first kappa shape index (κ1) is 28.1. The van der Waals surface area contributed by atoms with Gasteiger partial charge in [0.05, 0.1) is 23.1 Å². The Labute approximate surface area is 212 Å². The van der Waals surface area contributed by atoms with Crippen molar-refractivity contribution in [3.8, 4) is 11.5 Å². The summed E-state index contributed by atoms with van der Waals surface area (Å²) in [5.74, 6) is 0.887. The van der Waals surface area contributed by atoms with E-state index in [-0.39, 0.29) is 11.9 Å². The number of aromatic hydroxyl groups is 1. The van der Waals surface area contributed by atoms with Crippen molar-refractivity contribution in [1.29, 1.82) is 0 Å². The number of hydrogen-bond donors (Lipinski definition) is 2. The van der Waals surface area contributed by atoms with Gasteiger partial charge in [-0.3, -0.25) is 0 Å². The van der Waals surface area contributed by atoms with Gasteiger partial charge in [0.2, 0.25) is 0 Å². The normalized spacial score (nSPS) is 13.4. The molecule has 0 aliphatic rings. The van der Waals surface area contributed by atoms with Gasteiger partial charge in [-0.15, -0.1) is 0 Å². The first-order valence-corrected chi connectivity index (χ1v) is 12.5. The molecule has 0 radical (unpaired) electrons. The standard InChI is InChI=1S/C26H36ClNO5S/c1-17(2)32-19-9-11-22(29)23(14-19)34-20-10-8-18(21(27)15-20)12-13-26(6,16-31-7)28-24(30)33-25(3,4)5/h8-11,14-15,17,29H,12-13,16H2,1-7H3,(H,28,30)/t26-/m0/s1. The third-order valence-corrected chi connectivity index (χ3v) is 6.16. The maximum absolute atomic E-state index is 12.3. The predicted molar refractivity (Wildman–Crippen MR) is 137 cm³/mol. The van der Waals surface area contributed by atoms with Crippen molar-refractivity contribution >= 4 is 29.5 Å². The van der Waals surface area contributed by atoms with Crippen molar-refractivity contribution in [2.45, 2.75) is 81.4 Å². The highest BCUT2D eigenvalue weighted by Gasteiger charge is 2.29. The third-order valence-electron chi connectivity index (χ3n) is 4.77. The lowest BCUT2D eigenvalue weighted by molar-refractivity contribution is 0.0370. The van der Waals surface area contributed by atoms with E-state index < -0.39 is 17.2 Å². The fourth-order valence-electron chi connectivity index (χ4n) is 3.29. The van der Waals surface area contributed by atoms with Gasteiger partial charge >= 0.3 is 6.09 Å². The molecule has 8 heteroatoms. The Morgan fingerprint density at radius 2 is 1.85 bits per heavy atom. The zero-order valence-corrected chi connectivity index (χ0v) is 22.6. The van der Waals surface area contributed by atoms with Crippen molar-refractivity contribution in [2.24, 2.45) is 0 Å². The summed E-state index contributed by atoms with van der Waals surface area (Å²) in [6.07, 6.45) is 0.822. The van der Waals surface area contributed by atoms with Gasteiger partial charge < -0.3 is 24.6 Å². The molecule has 1 amide bonds. The smallest absolute Gasteiger partial charge is 0.408 e. The van der Waals surface area contributed by atoms with Crippen LogP contribution in [0.2, 0.25) is 5.02 Å². The van der Waals surface area contributed by atoms with Crippen molar-refractivity contribution in [2.75, 3.05) is 13.7 Å². The van der Waals surface area contributed by atoms with E-state index in [9.17, 15) is 9.90 Å². The SMILES string of the molecule is COC[C@](C)(CCc1ccc(Sc2cc(OC(C)C)ccc2O)cc1Cl)NC(=O)OC(C)(C)C. The fourth-order valence-corrected chi connectivity index (χ4v) is 4.55. The number of carbonyl (C=O) groups is 1. The third kappa shape index (κ3) is 9.28. The number of halogens is 1. The van der Waals surface area contributed by atoms with Gasteiger partial charge in [-0.25, -0.2) is 4.79 Å². The summed E-state index contributed by atoms with van der Waals surface area (Å²) in [6, 6.07) is 11.0. The van der Waals surface area contributed by atoms with E-state index in [4.69, 9.17) is 25.8 Å². The Morgan fingerprint density at radius 1 is 1.15 bits per heavy atom. The highest BCUT2D eigenvalue weighted by molar-refractivity contribution is 7.99. The second-order valence-corrected chi connectivity index (χ2v) is 11.3. The summed E-state index contributed by atoms with van der Waals surface area (Å²) in [5, 5.41) is 13.8. The van der Waals surface area contributed by atoms with Gasteiger partial charge in [0.1, 0.15) is 17.1 Å². The van der Waals surface area contributed by atoms with E-state index in [0.29, 0.717) is 35.1 Å². The molecule has 188 valence electrons. The largest absolute Gasteiger partial charge is 0.507 e. The summed E-state index contributed by atoms with van der Waals surface area (Å²) in [6.45, 7) is 11.7. The van der Waals surface area contributed by atoms with Crippen LogP contribution in [0.15, 0.2) is 46.2 Å². The lowest BCUT2D eigenvalue weighted by Gasteiger charge is -2.31. The van der Waals surface area contributed by atoms with Crippen molar-refractivity contribution < 1.29 is 24.1 Å². The fraction of sp³-hybridized carbons (Fsp3) is 0.500. The van der Waals surface area contributed by atoms with Crippen LogP contribution in [0, 0.1) is 0 Å². The number of amides is 1. The van der Waals surface area contributed by atoms with Crippen LogP contribution in [0.3, 0.4) is 0 Å². The van der Waals surface area contributed by atoms with Crippen molar-refractivity contribution in [1.82, 2.24) is 5.32 Å². The maximum Gasteiger partial charge on any atom is 0.408 e. The highest BCUT2D eigenvalue weighted by Crippen LogP contribution is 2.38. The molecule has 2 aromatic rings. The summed E-state index contributed by atoms with van der Waals surface area (Å²) >= 11 is 8.01. The van der Waals surface area contributed by atoms with Crippen LogP contribution in [0.1, 0.15) is 53.5 Å². The van der Waals surface area contributed by atoms with E-state index in [1.165, 1.54) is 11.8 Å². The Hall–Kier alpha value is -2.09. The van der Waals surface area contributed by atoms with Crippen molar-refractivity contribution in [3.05, 3.63) is 47.0 Å². The van der Waals surface area contributed by atoms with E-state index in [1.807, 2.05) is 65.8 Å². The number of phenolic OH excluding ortho intramolecular Hbond substituents is 1. The minimum atomic E-state index is -0.615. The summed E-state index contributed by atoms with van der Waals surface area (Å²) < 4.78 is 16.5. The molecule has 0 aliphatic heterocycles. The zero-order chi connectivity index (χ0) is 25.5. The van der Waals surface area contributed by atoms with Crippen LogP contribution >= 0.6 is 23.4 Å². The molecule has 6 nitrogen and oxygen atoms in total. The van der Waals surface area contributed by atoms with Crippen LogP contribution in [0.25, 0.3) is 0 Å². The number of carbonyl (C=O) groups excluding carboxylic acids is 1. The number of ether oxygens (including phenoxy) is 3. The molecule has 0 bridgehead atoms. The molecular formula is C26H36ClNO5S. The van der Waals surface area contributed by atoms with Crippen LogP contribution < -0.4 is 10.1 Å². The predicted octanol–water partition coefficient (Wildman–Crippen LogP) is 6.85. The molecule has 0 saturated heterocycles. The number of aryl methyl sites for hydroxylation is 1. The molecule has 0 aromatic heterocycles. The zero-order valence-electron chi connectivity index (χ0n) is 21.0. The number of rotatable bonds is 10. The van der Waals surface area contributed by atoms with E-state index in [0.717, 1.165) is 10.5 Å². The topological polar surface area (TPSA) is 77.0 Å². The van der Waals surface area contributed by atoms with Gasteiger partial charge in [0.15, 0.2) is 0 Å². The van der Waals surface area contributed by atoms with Gasteiger partial charge in [-0.2, -0.15) is 0 Å². The summed E-state index contributed by atoms with van der Waals surface area (Å²) in [7, 11) is 1.60. The summed E-state index contributed by atoms with van der Waals surface area (Å²) in [5.41, 5.74) is -0.235. The van der Waals surface area contributed by atoms with Crippen molar-refractivity contribution in [3.63, 3.8) is 0 Å². The average molecular weight is 510 g/mol. The Morgan fingerprint density at radius 3 is 2.44 bits per heavy atom. The summed E-state index contributed by atoms with van der Waals surface area (Å²) in [4.78, 5) is 13.9. The molecule has 0 fully saturated rings. The Balaban J connectivity index is 2.09. The minimum Gasteiger partial charge on any atom is -0.507 e. The second-order valence-electron chi connectivity index (χ2n) is 9.77. The molecule has 0 spiro atoms. The molecule has 2 N–H and O–H groups in total. The maximum atomic E-state index is 12.3. The molecule has 0 unspecified atom stereocenters. The number of phenols is 1. The van der Waals surface area contributed by atoms with Crippen LogP contribution in [-0.2, 0) is 15.9 Å². The molecule has 0 saturated carbocycles. The number of nitrogens with one attached hydrogen (secondary N) is 1. The van der Waals surface area contributed by atoms with E-state index >= 15 is 0 Å². The lowest BCUT2D eigenvalue weighted by atomic mass is 9.94. The first-order valence-electron chi connectivity index (χ1n) is 11.3. The van der Waals surface area contributed by atoms with Gasteiger partial charge in [0.25, 0.3) is 0 Å². The molecule has 0 aliphatic carbocycles. The van der Waals surface area contributed by atoms with Gasteiger partial charge in [0, 0.05) is 17.0 Å². The average Bonchev–Trinajstić information content (AvgIpc) is 2.68.